The SMILES string of the molecule is CN(C)C1CCN(Cc2ccc(F)c(Br)c2)CC1. The Balaban J connectivity index is 1.89. The quantitative estimate of drug-likeness (QED) is 0.846. The second-order valence-corrected chi connectivity index (χ2v) is 6.07. The molecule has 0 atom stereocenters. The second-order valence-electron chi connectivity index (χ2n) is 5.22. The number of nitrogens with zero attached hydrogens (tertiary/aromatic N) is 2. The van der Waals surface area contributed by atoms with E-state index in [9.17, 15) is 4.39 Å². The first-order chi connectivity index (χ1) is 8.56. The van der Waals surface area contributed by atoms with Gasteiger partial charge in [-0.25, -0.2) is 4.39 Å². The van der Waals surface area contributed by atoms with E-state index in [-0.39, 0.29) is 5.82 Å². The highest BCUT2D eigenvalue weighted by Gasteiger charge is 2.20. The monoisotopic (exact) mass is 314 g/mol. The molecule has 4 heteroatoms. The van der Waals surface area contributed by atoms with Crippen molar-refractivity contribution in [1.82, 2.24) is 9.80 Å². The zero-order valence-electron chi connectivity index (χ0n) is 11.0. The molecular formula is C14H20BrFN2. The van der Waals surface area contributed by atoms with Crippen LogP contribution in [-0.4, -0.2) is 43.0 Å². The molecule has 1 aliphatic heterocycles. The molecular weight excluding hydrogens is 295 g/mol. The Kier molecular flexibility index (Phi) is 4.76. The van der Waals surface area contributed by atoms with Gasteiger partial charge in [0.1, 0.15) is 5.82 Å². The van der Waals surface area contributed by atoms with Gasteiger partial charge in [-0.3, -0.25) is 4.90 Å². The minimum Gasteiger partial charge on any atom is -0.306 e. The maximum absolute atomic E-state index is 13.2. The molecule has 0 aliphatic carbocycles. The molecule has 0 radical (unpaired) electrons. The van der Waals surface area contributed by atoms with Gasteiger partial charge in [-0.15, -0.1) is 0 Å². The van der Waals surface area contributed by atoms with Gasteiger partial charge in [0.05, 0.1) is 4.47 Å². The lowest BCUT2D eigenvalue weighted by Gasteiger charge is -2.35. The van der Waals surface area contributed by atoms with Gasteiger partial charge in [0, 0.05) is 12.6 Å². The Morgan fingerprint density at radius 2 is 2.00 bits per heavy atom. The van der Waals surface area contributed by atoms with E-state index in [0.717, 1.165) is 19.6 Å². The van der Waals surface area contributed by atoms with Gasteiger partial charge >= 0.3 is 0 Å². The van der Waals surface area contributed by atoms with Crippen molar-refractivity contribution >= 4 is 15.9 Å². The van der Waals surface area contributed by atoms with Crippen molar-refractivity contribution in [3.63, 3.8) is 0 Å². The van der Waals surface area contributed by atoms with Crippen molar-refractivity contribution in [2.45, 2.75) is 25.4 Å². The highest BCUT2D eigenvalue weighted by molar-refractivity contribution is 9.10. The van der Waals surface area contributed by atoms with E-state index in [1.807, 2.05) is 12.1 Å². The Hall–Kier alpha value is -0.450. The number of piperidine rings is 1. The van der Waals surface area contributed by atoms with Gasteiger partial charge in [0.15, 0.2) is 0 Å². The van der Waals surface area contributed by atoms with Gasteiger partial charge < -0.3 is 4.90 Å². The Morgan fingerprint density at radius 3 is 2.56 bits per heavy atom. The minimum absolute atomic E-state index is 0.190. The Morgan fingerprint density at radius 1 is 1.33 bits per heavy atom. The molecule has 0 amide bonds. The van der Waals surface area contributed by atoms with Gasteiger partial charge in [0.2, 0.25) is 0 Å². The van der Waals surface area contributed by atoms with Crippen molar-refractivity contribution in [2.24, 2.45) is 0 Å². The van der Waals surface area contributed by atoms with Crippen LogP contribution >= 0.6 is 15.9 Å². The van der Waals surface area contributed by atoms with Crippen LogP contribution in [-0.2, 0) is 6.54 Å². The average Bonchev–Trinajstić information content (AvgIpc) is 2.34. The smallest absolute Gasteiger partial charge is 0.137 e. The fourth-order valence-electron chi connectivity index (χ4n) is 2.49. The molecule has 0 N–H and O–H groups in total. The number of likely N-dealkylation sites (tertiary alicyclic amines) is 1. The summed E-state index contributed by atoms with van der Waals surface area (Å²) in [5, 5.41) is 0. The fourth-order valence-corrected chi connectivity index (χ4v) is 2.92. The van der Waals surface area contributed by atoms with Crippen LogP contribution in [0.1, 0.15) is 18.4 Å². The summed E-state index contributed by atoms with van der Waals surface area (Å²) >= 11 is 3.24. The number of hydrogen-bond donors (Lipinski definition) is 0. The molecule has 0 aromatic heterocycles. The molecule has 1 heterocycles. The predicted octanol–water partition coefficient (Wildman–Crippen LogP) is 3.11. The lowest BCUT2D eigenvalue weighted by atomic mass is 10.0. The van der Waals surface area contributed by atoms with Crippen LogP contribution in [0.2, 0.25) is 0 Å². The first-order valence-corrected chi connectivity index (χ1v) is 7.18. The van der Waals surface area contributed by atoms with E-state index >= 15 is 0 Å². The summed E-state index contributed by atoms with van der Waals surface area (Å²) in [6.45, 7) is 3.16. The predicted molar refractivity (Wildman–Crippen MR) is 76.1 cm³/mol. The molecule has 0 saturated carbocycles. The highest BCUT2D eigenvalue weighted by Crippen LogP contribution is 2.20. The molecule has 0 unspecified atom stereocenters. The summed E-state index contributed by atoms with van der Waals surface area (Å²) in [6, 6.07) is 6.00. The van der Waals surface area contributed by atoms with Gasteiger partial charge in [-0.05, 0) is 73.7 Å². The lowest BCUT2D eigenvalue weighted by molar-refractivity contribution is 0.140. The normalized spacial score (nSPS) is 18.5. The van der Waals surface area contributed by atoms with E-state index in [1.54, 1.807) is 0 Å². The molecule has 2 nitrogen and oxygen atoms in total. The van der Waals surface area contributed by atoms with Crippen molar-refractivity contribution in [3.05, 3.63) is 34.1 Å². The topological polar surface area (TPSA) is 6.48 Å². The first-order valence-electron chi connectivity index (χ1n) is 6.39. The van der Waals surface area contributed by atoms with Crippen molar-refractivity contribution in [3.8, 4) is 0 Å². The molecule has 2 rings (SSSR count). The molecule has 1 saturated heterocycles. The van der Waals surface area contributed by atoms with Crippen molar-refractivity contribution in [1.29, 1.82) is 0 Å². The first kappa shape index (κ1) is 14.0. The zero-order valence-corrected chi connectivity index (χ0v) is 12.6. The third-order valence-corrected chi connectivity index (χ3v) is 4.29. The highest BCUT2D eigenvalue weighted by atomic mass is 79.9. The van der Waals surface area contributed by atoms with Gasteiger partial charge in [-0.2, -0.15) is 0 Å². The summed E-state index contributed by atoms with van der Waals surface area (Å²) < 4.78 is 13.7. The largest absolute Gasteiger partial charge is 0.306 e. The van der Waals surface area contributed by atoms with Crippen LogP contribution in [0.25, 0.3) is 0 Å². The van der Waals surface area contributed by atoms with Crippen LogP contribution in [0.5, 0.6) is 0 Å². The van der Waals surface area contributed by atoms with E-state index in [0.29, 0.717) is 10.5 Å². The van der Waals surface area contributed by atoms with Crippen LogP contribution in [0.15, 0.2) is 22.7 Å². The molecule has 0 bridgehead atoms. The molecule has 1 aromatic carbocycles. The third-order valence-electron chi connectivity index (χ3n) is 3.68. The minimum atomic E-state index is -0.190. The summed E-state index contributed by atoms with van der Waals surface area (Å²) in [6.07, 6.45) is 2.44. The standard InChI is InChI=1S/C14H20BrFN2/c1-17(2)12-5-7-18(8-6-12)10-11-3-4-14(16)13(15)9-11/h3-4,9,12H,5-8,10H2,1-2H3. The average molecular weight is 315 g/mol. The van der Waals surface area contributed by atoms with E-state index in [1.165, 1.54) is 24.5 Å². The molecule has 0 spiro atoms. The van der Waals surface area contributed by atoms with E-state index in [4.69, 9.17) is 0 Å². The maximum Gasteiger partial charge on any atom is 0.137 e. The second kappa shape index (κ2) is 6.13. The van der Waals surface area contributed by atoms with Gasteiger partial charge in [-0.1, -0.05) is 6.07 Å². The molecule has 1 aromatic rings. The van der Waals surface area contributed by atoms with Gasteiger partial charge in [0.25, 0.3) is 0 Å². The summed E-state index contributed by atoms with van der Waals surface area (Å²) in [5.74, 6) is -0.190. The lowest BCUT2D eigenvalue weighted by Crippen LogP contribution is -2.41. The van der Waals surface area contributed by atoms with Crippen molar-refractivity contribution < 1.29 is 4.39 Å². The summed E-state index contributed by atoms with van der Waals surface area (Å²) in [7, 11) is 4.30. The summed E-state index contributed by atoms with van der Waals surface area (Å²) in [5.41, 5.74) is 1.17. The van der Waals surface area contributed by atoms with E-state index in [2.05, 4.69) is 39.8 Å². The van der Waals surface area contributed by atoms with Crippen LogP contribution in [0.3, 0.4) is 0 Å². The number of hydrogen-bond acceptors (Lipinski definition) is 2. The number of benzene rings is 1. The molecule has 1 fully saturated rings. The van der Waals surface area contributed by atoms with Crippen molar-refractivity contribution in [2.75, 3.05) is 27.2 Å². The fraction of sp³-hybridized carbons (Fsp3) is 0.571. The van der Waals surface area contributed by atoms with E-state index < -0.39 is 0 Å². The number of halogens is 2. The molecule has 18 heavy (non-hydrogen) atoms. The Labute approximate surface area is 117 Å². The van der Waals surface area contributed by atoms with Crippen LogP contribution in [0, 0.1) is 5.82 Å². The Bertz CT molecular complexity index is 401. The van der Waals surface area contributed by atoms with Crippen LogP contribution in [0.4, 0.5) is 4.39 Å². The molecule has 100 valence electrons. The molecule has 1 aliphatic rings. The van der Waals surface area contributed by atoms with Crippen LogP contribution < -0.4 is 0 Å². The zero-order chi connectivity index (χ0) is 13.1. The number of rotatable bonds is 3. The summed E-state index contributed by atoms with van der Waals surface area (Å²) in [4.78, 5) is 4.76. The third kappa shape index (κ3) is 3.53. The maximum atomic E-state index is 13.2.